The first-order valence-electron chi connectivity index (χ1n) is 6.82. The fraction of sp³-hybridized carbons (Fsp3) is 0.500. The Balaban J connectivity index is 2.24. The Morgan fingerprint density at radius 2 is 2.29 bits per heavy atom. The predicted octanol–water partition coefficient (Wildman–Crippen LogP) is 1.09. The molecule has 1 aliphatic heterocycles. The van der Waals surface area contributed by atoms with E-state index in [1.54, 1.807) is 17.9 Å². The van der Waals surface area contributed by atoms with Crippen molar-refractivity contribution in [1.29, 1.82) is 0 Å². The van der Waals surface area contributed by atoms with E-state index in [4.69, 9.17) is 10.5 Å². The molecule has 114 valence electrons. The zero-order valence-corrected chi connectivity index (χ0v) is 12.1. The number of benzene rings is 1. The highest BCUT2D eigenvalue weighted by Crippen LogP contribution is 2.23. The fourth-order valence-electron chi connectivity index (χ4n) is 2.40. The van der Waals surface area contributed by atoms with E-state index in [-0.39, 0.29) is 23.7 Å². The largest absolute Gasteiger partial charge is 0.373 e. The van der Waals surface area contributed by atoms with Crippen LogP contribution >= 0.6 is 0 Å². The molecule has 7 nitrogen and oxygen atoms in total. The number of ether oxygens (including phenoxy) is 1. The number of rotatable bonds is 3. The minimum Gasteiger partial charge on any atom is -0.373 e. The zero-order chi connectivity index (χ0) is 15.6. The normalized spacial score (nSPS) is 20.1. The van der Waals surface area contributed by atoms with E-state index < -0.39 is 4.92 Å². The summed E-state index contributed by atoms with van der Waals surface area (Å²) in [6, 6.07) is 4.37. The third kappa shape index (κ3) is 3.20. The van der Waals surface area contributed by atoms with Crippen molar-refractivity contribution in [1.82, 2.24) is 4.90 Å². The molecule has 0 spiro atoms. The van der Waals surface area contributed by atoms with Crippen molar-refractivity contribution in [3.05, 3.63) is 39.4 Å². The molecule has 0 aliphatic carbocycles. The van der Waals surface area contributed by atoms with Gasteiger partial charge >= 0.3 is 0 Å². The topological polar surface area (TPSA) is 98.7 Å². The Hall–Kier alpha value is -1.99. The van der Waals surface area contributed by atoms with Crippen molar-refractivity contribution < 1.29 is 14.5 Å². The minimum absolute atomic E-state index is 0.0437. The molecule has 0 saturated carbocycles. The maximum Gasteiger partial charge on any atom is 0.273 e. The Labute approximate surface area is 122 Å². The van der Waals surface area contributed by atoms with E-state index >= 15 is 0 Å². The van der Waals surface area contributed by atoms with Gasteiger partial charge in [-0.2, -0.15) is 0 Å². The number of nitro groups is 1. The van der Waals surface area contributed by atoms with Gasteiger partial charge in [0.2, 0.25) is 0 Å². The van der Waals surface area contributed by atoms with Crippen LogP contribution in [0.4, 0.5) is 5.69 Å². The van der Waals surface area contributed by atoms with Crippen molar-refractivity contribution in [2.45, 2.75) is 26.0 Å². The Morgan fingerprint density at radius 1 is 1.57 bits per heavy atom. The van der Waals surface area contributed by atoms with Crippen LogP contribution in [0.5, 0.6) is 0 Å². The van der Waals surface area contributed by atoms with Gasteiger partial charge in [0.05, 0.1) is 17.6 Å². The first-order chi connectivity index (χ1) is 9.91. The number of hydrogen-bond acceptors (Lipinski definition) is 5. The maximum absolute atomic E-state index is 12.6. The molecule has 1 heterocycles. The van der Waals surface area contributed by atoms with Crippen LogP contribution in [0.1, 0.15) is 22.8 Å². The van der Waals surface area contributed by atoms with E-state index in [2.05, 4.69) is 0 Å². The van der Waals surface area contributed by atoms with Gasteiger partial charge in [0, 0.05) is 36.3 Å². The van der Waals surface area contributed by atoms with Crippen molar-refractivity contribution in [3.8, 4) is 0 Å². The number of nitrogens with zero attached hydrogens (tertiary/aromatic N) is 2. The Kier molecular flexibility index (Phi) is 4.54. The van der Waals surface area contributed by atoms with Gasteiger partial charge in [-0.25, -0.2) is 0 Å². The number of carbonyl (C=O) groups excluding carboxylic acids is 1. The van der Waals surface area contributed by atoms with Crippen LogP contribution in [0.25, 0.3) is 0 Å². The summed E-state index contributed by atoms with van der Waals surface area (Å²) in [5.74, 6) is -0.217. The number of carbonyl (C=O) groups is 1. The Morgan fingerprint density at radius 3 is 2.90 bits per heavy atom. The van der Waals surface area contributed by atoms with Gasteiger partial charge in [-0.15, -0.1) is 0 Å². The molecule has 2 N–H and O–H groups in total. The average molecular weight is 293 g/mol. The minimum atomic E-state index is -0.476. The number of amides is 1. The quantitative estimate of drug-likeness (QED) is 0.664. The second-order valence-electron chi connectivity index (χ2n) is 5.23. The maximum atomic E-state index is 12.6. The van der Waals surface area contributed by atoms with Crippen LogP contribution in [0, 0.1) is 17.0 Å². The molecule has 0 bridgehead atoms. The molecule has 1 aliphatic rings. The SMILES string of the molecule is Cc1c(C(=O)N2CCOC(C(C)N)C2)cccc1[N+](=O)[O-]. The predicted molar refractivity (Wildman–Crippen MR) is 77.1 cm³/mol. The average Bonchev–Trinajstić information content (AvgIpc) is 2.46. The first-order valence-corrected chi connectivity index (χ1v) is 6.82. The van der Waals surface area contributed by atoms with Gasteiger partial charge in [-0.1, -0.05) is 6.07 Å². The molecule has 1 aromatic rings. The lowest BCUT2D eigenvalue weighted by molar-refractivity contribution is -0.385. The lowest BCUT2D eigenvalue weighted by Crippen LogP contribution is -2.51. The van der Waals surface area contributed by atoms with Gasteiger partial charge < -0.3 is 15.4 Å². The third-order valence-electron chi connectivity index (χ3n) is 3.70. The molecule has 21 heavy (non-hydrogen) atoms. The molecule has 7 heteroatoms. The first kappa shape index (κ1) is 15.4. The van der Waals surface area contributed by atoms with Gasteiger partial charge in [0.25, 0.3) is 11.6 Å². The van der Waals surface area contributed by atoms with Gasteiger partial charge in [0.1, 0.15) is 0 Å². The number of hydrogen-bond donors (Lipinski definition) is 1. The van der Waals surface area contributed by atoms with Crippen LogP contribution in [0.3, 0.4) is 0 Å². The summed E-state index contributed by atoms with van der Waals surface area (Å²) >= 11 is 0. The summed E-state index contributed by atoms with van der Waals surface area (Å²) < 4.78 is 5.52. The van der Waals surface area contributed by atoms with Crippen molar-refractivity contribution in [2.24, 2.45) is 5.73 Å². The smallest absolute Gasteiger partial charge is 0.273 e. The lowest BCUT2D eigenvalue weighted by Gasteiger charge is -2.35. The van der Waals surface area contributed by atoms with Crippen LogP contribution in [-0.4, -0.2) is 47.6 Å². The van der Waals surface area contributed by atoms with Crippen LogP contribution in [0.15, 0.2) is 18.2 Å². The molecule has 0 radical (unpaired) electrons. The second-order valence-corrected chi connectivity index (χ2v) is 5.23. The molecule has 1 aromatic carbocycles. The fourth-order valence-corrected chi connectivity index (χ4v) is 2.40. The van der Waals surface area contributed by atoms with Crippen LogP contribution in [-0.2, 0) is 4.74 Å². The van der Waals surface area contributed by atoms with Gasteiger partial charge in [-0.3, -0.25) is 14.9 Å². The molecule has 1 saturated heterocycles. The van der Waals surface area contributed by atoms with Gasteiger partial charge in [0.15, 0.2) is 0 Å². The van der Waals surface area contributed by atoms with E-state index in [9.17, 15) is 14.9 Å². The molecule has 2 unspecified atom stereocenters. The van der Waals surface area contributed by atoms with Crippen molar-refractivity contribution in [2.75, 3.05) is 19.7 Å². The third-order valence-corrected chi connectivity index (χ3v) is 3.70. The summed E-state index contributed by atoms with van der Waals surface area (Å²) in [4.78, 5) is 24.7. The van der Waals surface area contributed by atoms with E-state index in [0.29, 0.717) is 30.8 Å². The van der Waals surface area contributed by atoms with Crippen molar-refractivity contribution >= 4 is 11.6 Å². The van der Waals surface area contributed by atoms with Crippen molar-refractivity contribution in [3.63, 3.8) is 0 Å². The molecule has 0 aromatic heterocycles. The molecular formula is C14H19N3O4. The summed E-state index contributed by atoms with van der Waals surface area (Å²) in [5.41, 5.74) is 6.51. The van der Waals surface area contributed by atoms with Crippen LogP contribution in [0.2, 0.25) is 0 Å². The highest BCUT2D eigenvalue weighted by Gasteiger charge is 2.29. The van der Waals surface area contributed by atoms with E-state index in [1.165, 1.54) is 12.1 Å². The van der Waals surface area contributed by atoms with Gasteiger partial charge in [-0.05, 0) is 19.9 Å². The summed E-state index contributed by atoms with van der Waals surface area (Å²) in [5, 5.41) is 11.0. The van der Waals surface area contributed by atoms with E-state index in [0.717, 1.165) is 0 Å². The van der Waals surface area contributed by atoms with Crippen LogP contribution < -0.4 is 5.73 Å². The summed E-state index contributed by atoms with van der Waals surface area (Å²) in [7, 11) is 0. The lowest BCUT2D eigenvalue weighted by atomic mass is 10.0. The number of morpholine rings is 1. The highest BCUT2D eigenvalue weighted by atomic mass is 16.6. The molecular weight excluding hydrogens is 274 g/mol. The standard InChI is InChI=1S/C14H19N3O4/c1-9-11(4-3-5-12(9)17(19)20)14(18)16-6-7-21-13(8-16)10(2)15/h3-5,10,13H,6-8,15H2,1-2H3. The van der Waals surface area contributed by atoms with E-state index in [1.807, 2.05) is 6.92 Å². The zero-order valence-electron chi connectivity index (χ0n) is 12.1. The summed E-state index contributed by atoms with van der Waals surface area (Å²) in [6.07, 6.45) is -0.207. The monoisotopic (exact) mass is 293 g/mol. The molecule has 1 fully saturated rings. The second kappa shape index (κ2) is 6.19. The highest BCUT2D eigenvalue weighted by molar-refractivity contribution is 5.96. The number of nitro benzene ring substituents is 1. The molecule has 2 atom stereocenters. The summed E-state index contributed by atoms with van der Waals surface area (Å²) in [6.45, 7) is 4.71. The Bertz CT molecular complexity index is 559. The molecule has 1 amide bonds. The molecule has 2 rings (SSSR count). The number of nitrogens with two attached hydrogens (primary N) is 1.